The van der Waals surface area contributed by atoms with Crippen LogP contribution in [-0.2, 0) is 6.42 Å². The maximum Gasteiger partial charge on any atom is 0.254 e. The predicted octanol–water partition coefficient (Wildman–Crippen LogP) is 2.71. The Morgan fingerprint density at radius 1 is 1.40 bits per heavy atom. The normalized spacial score (nSPS) is 10.6. The lowest BCUT2D eigenvalue weighted by Gasteiger charge is -2.09. The van der Waals surface area contributed by atoms with Crippen LogP contribution in [-0.4, -0.2) is 22.2 Å². The molecule has 0 aliphatic carbocycles. The second-order valence-corrected chi connectivity index (χ2v) is 4.51. The lowest BCUT2D eigenvalue weighted by atomic mass is 10.1. The number of nitrogens with zero attached hydrogens (tertiary/aromatic N) is 2. The van der Waals surface area contributed by atoms with E-state index < -0.39 is 0 Å². The van der Waals surface area contributed by atoms with Gasteiger partial charge in [-0.3, -0.25) is 4.79 Å². The van der Waals surface area contributed by atoms with Crippen LogP contribution in [0.2, 0.25) is 0 Å². The molecule has 1 aromatic heterocycles. The first-order chi connectivity index (χ1) is 9.67. The van der Waals surface area contributed by atoms with Crippen molar-refractivity contribution in [3.8, 4) is 5.69 Å². The molecule has 4 nitrogen and oxygen atoms in total. The van der Waals surface area contributed by atoms with Crippen LogP contribution in [0.5, 0.6) is 0 Å². The molecule has 0 saturated heterocycles. The van der Waals surface area contributed by atoms with Crippen LogP contribution in [0, 0.1) is 5.82 Å². The van der Waals surface area contributed by atoms with Crippen LogP contribution in [0.1, 0.15) is 36.3 Å². The Bertz CT molecular complexity index is 607. The van der Waals surface area contributed by atoms with Crippen LogP contribution in [0.25, 0.3) is 5.69 Å². The largest absolute Gasteiger partial charge is 0.352 e. The van der Waals surface area contributed by atoms with Gasteiger partial charge in [-0.05, 0) is 31.5 Å². The fourth-order valence-corrected chi connectivity index (χ4v) is 2.13. The molecule has 0 bridgehead atoms. The summed E-state index contributed by atoms with van der Waals surface area (Å²) in [4.78, 5) is 12.0. The summed E-state index contributed by atoms with van der Waals surface area (Å²) < 4.78 is 15.0. The minimum absolute atomic E-state index is 0.140. The fourth-order valence-electron chi connectivity index (χ4n) is 2.13. The number of halogens is 1. The molecule has 5 heteroatoms. The van der Waals surface area contributed by atoms with Crippen molar-refractivity contribution >= 4 is 5.91 Å². The van der Waals surface area contributed by atoms with Crippen molar-refractivity contribution in [2.75, 3.05) is 6.54 Å². The number of carbonyl (C=O) groups excluding carboxylic acids is 1. The molecule has 0 radical (unpaired) electrons. The molecule has 0 aliphatic rings. The minimum Gasteiger partial charge on any atom is -0.352 e. The summed E-state index contributed by atoms with van der Waals surface area (Å²) in [6, 6.07) is 6.20. The number of carbonyl (C=O) groups is 1. The third-order valence-electron chi connectivity index (χ3n) is 2.99. The Morgan fingerprint density at radius 2 is 2.20 bits per heavy atom. The maximum absolute atomic E-state index is 13.3. The minimum atomic E-state index is -0.319. The fraction of sp³-hybridized carbons (Fsp3) is 0.333. The van der Waals surface area contributed by atoms with E-state index in [2.05, 4.69) is 10.4 Å². The molecule has 20 heavy (non-hydrogen) atoms. The van der Waals surface area contributed by atoms with Crippen LogP contribution >= 0.6 is 0 Å². The molecule has 0 spiro atoms. The molecular weight excluding hydrogens is 257 g/mol. The Hall–Kier alpha value is -2.17. The van der Waals surface area contributed by atoms with Gasteiger partial charge in [0, 0.05) is 6.54 Å². The van der Waals surface area contributed by atoms with Gasteiger partial charge in [0.15, 0.2) is 0 Å². The summed E-state index contributed by atoms with van der Waals surface area (Å²) in [5.41, 5.74) is 1.99. The highest BCUT2D eigenvalue weighted by molar-refractivity contribution is 5.95. The van der Waals surface area contributed by atoms with E-state index in [-0.39, 0.29) is 11.7 Å². The number of amides is 1. The van der Waals surface area contributed by atoms with E-state index in [9.17, 15) is 9.18 Å². The van der Waals surface area contributed by atoms with Crippen LogP contribution in [0.4, 0.5) is 4.39 Å². The Balaban J connectivity index is 2.46. The SMILES string of the molecule is CCCc1c(C(=O)NCC)cnn1-c1cccc(F)c1. The highest BCUT2D eigenvalue weighted by atomic mass is 19.1. The van der Waals surface area contributed by atoms with Gasteiger partial charge in [0.05, 0.1) is 23.1 Å². The van der Waals surface area contributed by atoms with Gasteiger partial charge < -0.3 is 5.32 Å². The van der Waals surface area contributed by atoms with E-state index in [1.54, 1.807) is 23.0 Å². The van der Waals surface area contributed by atoms with E-state index in [0.29, 0.717) is 24.2 Å². The summed E-state index contributed by atoms with van der Waals surface area (Å²) in [6.45, 7) is 4.47. The number of hydrogen-bond donors (Lipinski definition) is 1. The van der Waals surface area contributed by atoms with Crippen molar-refractivity contribution in [3.63, 3.8) is 0 Å². The molecule has 0 atom stereocenters. The second kappa shape index (κ2) is 6.32. The highest BCUT2D eigenvalue weighted by Crippen LogP contribution is 2.17. The lowest BCUT2D eigenvalue weighted by Crippen LogP contribution is -2.23. The molecule has 0 aliphatic heterocycles. The Kier molecular flexibility index (Phi) is 4.50. The zero-order valence-electron chi connectivity index (χ0n) is 11.7. The van der Waals surface area contributed by atoms with Crippen molar-refractivity contribution in [3.05, 3.63) is 47.5 Å². The van der Waals surface area contributed by atoms with E-state index in [1.165, 1.54) is 12.1 Å². The average Bonchev–Trinajstić information content (AvgIpc) is 2.83. The number of benzene rings is 1. The van der Waals surface area contributed by atoms with Gasteiger partial charge in [-0.2, -0.15) is 5.10 Å². The standard InChI is InChI=1S/C15H18FN3O/c1-3-6-14-13(15(20)17-4-2)10-18-19(14)12-8-5-7-11(16)9-12/h5,7-10H,3-4,6H2,1-2H3,(H,17,20). The maximum atomic E-state index is 13.3. The van der Waals surface area contributed by atoms with Crippen LogP contribution in [0.3, 0.4) is 0 Å². The summed E-state index contributed by atoms with van der Waals surface area (Å²) >= 11 is 0. The summed E-state index contributed by atoms with van der Waals surface area (Å²) in [5, 5.41) is 7.01. The van der Waals surface area contributed by atoms with Gasteiger partial charge >= 0.3 is 0 Å². The molecule has 1 amide bonds. The van der Waals surface area contributed by atoms with Gasteiger partial charge in [0.1, 0.15) is 5.82 Å². The molecule has 0 unspecified atom stereocenters. The van der Waals surface area contributed by atoms with Crippen LogP contribution < -0.4 is 5.32 Å². The van der Waals surface area contributed by atoms with E-state index in [1.807, 2.05) is 13.8 Å². The molecule has 0 fully saturated rings. The smallest absolute Gasteiger partial charge is 0.254 e. The Morgan fingerprint density at radius 3 is 2.85 bits per heavy atom. The number of hydrogen-bond acceptors (Lipinski definition) is 2. The van der Waals surface area contributed by atoms with E-state index in [0.717, 1.165) is 12.1 Å². The average molecular weight is 275 g/mol. The second-order valence-electron chi connectivity index (χ2n) is 4.51. The van der Waals surface area contributed by atoms with Crippen molar-refractivity contribution in [2.45, 2.75) is 26.7 Å². The number of nitrogens with one attached hydrogen (secondary N) is 1. The van der Waals surface area contributed by atoms with Crippen molar-refractivity contribution < 1.29 is 9.18 Å². The van der Waals surface area contributed by atoms with Gasteiger partial charge in [0.25, 0.3) is 5.91 Å². The van der Waals surface area contributed by atoms with E-state index in [4.69, 9.17) is 0 Å². The third kappa shape index (κ3) is 2.87. The first-order valence-electron chi connectivity index (χ1n) is 6.78. The van der Waals surface area contributed by atoms with Crippen molar-refractivity contribution in [1.82, 2.24) is 15.1 Å². The molecule has 2 rings (SSSR count). The summed E-state index contributed by atoms with van der Waals surface area (Å²) in [7, 11) is 0. The zero-order valence-corrected chi connectivity index (χ0v) is 11.7. The van der Waals surface area contributed by atoms with Crippen LogP contribution in [0.15, 0.2) is 30.5 Å². The topological polar surface area (TPSA) is 46.9 Å². The molecule has 1 heterocycles. The molecule has 106 valence electrons. The number of aromatic nitrogens is 2. The first kappa shape index (κ1) is 14.2. The zero-order chi connectivity index (χ0) is 14.5. The predicted molar refractivity (Wildman–Crippen MR) is 75.5 cm³/mol. The molecule has 0 saturated carbocycles. The monoisotopic (exact) mass is 275 g/mol. The lowest BCUT2D eigenvalue weighted by molar-refractivity contribution is 0.0955. The van der Waals surface area contributed by atoms with Gasteiger partial charge in [-0.1, -0.05) is 19.4 Å². The first-order valence-corrected chi connectivity index (χ1v) is 6.78. The quantitative estimate of drug-likeness (QED) is 0.912. The number of rotatable bonds is 5. The summed E-state index contributed by atoms with van der Waals surface area (Å²) in [5.74, 6) is -0.460. The van der Waals surface area contributed by atoms with Gasteiger partial charge in [-0.15, -0.1) is 0 Å². The third-order valence-corrected chi connectivity index (χ3v) is 2.99. The molecule has 2 aromatic rings. The Labute approximate surface area is 117 Å². The van der Waals surface area contributed by atoms with Crippen molar-refractivity contribution in [1.29, 1.82) is 0 Å². The molecule has 1 N–H and O–H groups in total. The van der Waals surface area contributed by atoms with Crippen molar-refractivity contribution in [2.24, 2.45) is 0 Å². The van der Waals surface area contributed by atoms with E-state index >= 15 is 0 Å². The molecule has 1 aromatic carbocycles. The summed E-state index contributed by atoms with van der Waals surface area (Å²) in [6.07, 6.45) is 3.14. The van der Waals surface area contributed by atoms with Gasteiger partial charge in [0.2, 0.25) is 0 Å². The molecular formula is C15H18FN3O. The van der Waals surface area contributed by atoms with Gasteiger partial charge in [-0.25, -0.2) is 9.07 Å². The highest BCUT2D eigenvalue weighted by Gasteiger charge is 2.17.